The summed E-state index contributed by atoms with van der Waals surface area (Å²) in [6.07, 6.45) is -0.607. The fourth-order valence-electron chi connectivity index (χ4n) is 1.46. The van der Waals surface area contributed by atoms with Crippen LogP contribution < -0.4 is 0 Å². The van der Waals surface area contributed by atoms with Crippen molar-refractivity contribution < 1.29 is 31.4 Å². The first kappa shape index (κ1) is 13.0. The molecule has 2 fully saturated rings. The van der Waals surface area contributed by atoms with Crippen LogP contribution in [0, 0.1) is 5.41 Å². The van der Waals surface area contributed by atoms with Crippen molar-refractivity contribution in [2.24, 2.45) is 5.41 Å². The molecular formula is C6H10ClFO6P2. The third-order valence-electron chi connectivity index (χ3n) is 2.67. The summed E-state index contributed by atoms with van der Waals surface area (Å²) in [4.78, 5) is 0. The van der Waals surface area contributed by atoms with Crippen LogP contribution in [0.2, 0.25) is 0 Å². The van der Waals surface area contributed by atoms with Crippen LogP contribution in [0.1, 0.15) is 6.92 Å². The van der Waals surface area contributed by atoms with Gasteiger partial charge in [0.25, 0.3) is 0 Å². The largest absolute Gasteiger partial charge is 0.513 e. The number of halogens is 2. The Balaban J connectivity index is 2.11. The third-order valence-corrected chi connectivity index (χ3v) is 5.08. The first-order valence-corrected chi connectivity index (χ1v) is 8.34. The van der Waals surface area contributed by atoms with Gasteiger partial charge in [-0.1, -0.05) is 0 Å². The normalized spacial score (nSPS) is 54.1. The molecule has 0 aliphatic carbocycles. The Morgan fingerprint density at radius 3 is 2.25 bits per heavy atom. The number of hydrogen-bond acceptors (Lipinski definition) is 6. The summed E-state index contributed by atoms with van der Waals surface area (Å²) in [5.41, 5.74) is -0.831. The van der Waals surface area contributed by atoms with Crippen LogP contribution in [0.5, 0.6) is 0 Å². The van der Waals surface area contributed by atoms with Gasteiger partial charge in [0.2, 0.25) is 0 Å². The average molecular weight is 295 g/mol. The fourth-order valence-corrected chi connectivity index (χ4v) is 3.94. The summed E-state index contributed by atoms with van der Waals surface area (Å²) in [5, 5.41) is 0. The highest BCUT2D eigenvalue weighted by atomic mass is 35.7. The minimum Gasteiger partial charge on any atom is -0.296 e. The Morgan fingerprint density at radius 1 is 1.25 bits per heavy atom. The molecular weight excluding hydrogens is 284 g/mol. The van der Waals surface area contributed by atoms with E-state index in [0.29, 0.717) is 0 Å². The van der Waals surface area contributed by atoms with E-state index < -0.39 is 26.4 Å². The van der Waals surface area contributed by atoms with Gasteiger partial charge in [-0.05, 0) is 6.92 Å². The van der Waals surface area contributed by atoms with Crippen molar-refractivity contribution in [2.45, 2.75) is 13.0 Å². The Hall–Kier alpha value is 0.520. The summed E-state index contributed by atoms with van der Waals surface area (Å²) in [5.74, 6) is 0. The monoisotopic (exact) mass is 294 g/mol. The van der Waals surface area contributed by atoms with Gasteiger partial charge in [0, 0.05) is 11.2 Å². The molecule has 0 saturated carbocycles. The maximum Gasteiger partial charge on any atom is 0.513 e. The van der Waals surface area contributed by atoms with Gasteiger partial charge in [-0.3, -0.25) is 18.1 Å². The van der Waals surface area contributed by atoms with Gasteiger partial charge in [-0.15, -0.1) is 4.20 Å². The molecule has 0 aromatic heterocycles. The molecule has 2 aliphatic heterocycles. The quantitative estimate of drug-likeness (QED) is 0.640. The van der Waals surface area contributed by atoms with Crippen LogP contribution in [0.3, 0.4) is 0 Å². The van der Waals surface area contributed by atoms with Crippen molar-refractivity contribution in [1.29, 1.82) is 0 Å². The van der Waals surface area contributed by atoms with Crippen LogP contribution >= 0.6 is 26.1 Å². The van der Waals surface area contributed by atoms with Crippen LogP contribution in [0.4, 0.5) is 4.20 Å². The maximum absolute atomic E-state index is 12.8. The summed E-state index contributed by atoms with van der Waals surface area (Å²) >= 11 is 5.43. The molecule has 2 aliphatic rings. The lowest BCUT2D eigenvalue weighted by Gasteiger charge is -2.44. The number of hydrogen-bond donors (Lipinski definition) is 0. The maximum atomic E-state index is 12.8. The van der Waals surface area contributed by atoms with E-state index in [2.05, 4.69) is 9.05 Å². The lowest BCUT2D eigenvalue weighted by Crippen LogP contribution is -2.50. The second kappa shape index (κ2) is 4.02. The number of rotatable bonds is 0. The van der Waals surface area contributed by atoms with E-state index in [-0.39, 0.29) is 19.8 Å². The van der Waals surface area contributed by atoms with Crippen LogP contribution in [0.15, 0.2) is 0 Å². The second-order valence-corrected chi connectivity index (χ2v) is 7.74. The predicted octanol–water partition coefficient (Wildman–Crippen LogP) is 2.88. The summed E-state index contributed by atoms with van der Waals surface area (Å²) < 4.78 is 53.7. The molecule has 1 spiro atoms. The van der Waals surface area contributed by atoms with Crippen molar-refractivity contribution in [3.63, 3.8) is 0 Å². The molecule has 2 saturated heterocycles. The van der Waals surface area contributed by atoms with E-state index in [0.717, 1.165) is 0 Å². The van der Waals surface area contributed by atoms with Crippen molar-refractivity contribution in [3.8, 4) is 0 Å². The molecule has 0 radical (unpaired) electrons. The lowest BCUT2D eigenvalue weighted by molar-refractivity contribution is -0.107. The van der Waals surface area contributed by atoms with E-state index in [1.807, 2.05) is 0 Å². The van der Waals surface area contributed by atoms with Crippen LogP contribution in [0.25, 0.3) is 0 Å². The first-order chi connectivity index (χ1) is 7.25. The fraction of sp³-hybridized carbons (Fsp3) is 1.00. The predicted molar refractivity (Wildman–Crippen MR) is 53.0 cm³/mol. The van der Waals surface area contributed by atoms with Gasteiger partial charge in [0.05, 0.1) is 31.3 Å². The highest BCUT2D eigenvalue weighted by Crippen LogP contribution is 2.63. The van der Waals surface area contributed by atoms with E-state index in [1.165, 1.54) is 0 Å². The Labute approximate surface area is 96.3 Å². The second-order valence-electron chi connectivity index (χ2n) is 3.79. The minimum atomic E-state index is -4.45. The van der Waals surface area contributed by atoms with Crippen molar-refractivity contribution in [3.05, 3.63) is 0 Å². The van der Waals surface area contributed by atoms with Crippen LogP contribution in [-0.4, -0.2) is 25.9 Å². The zero-order valence-electron chi connectivity index (χ0n) is 8.30. The molecule has 0 amide bonds. The molecule has 2 atom stereocenters. The summed E-state index contributed by atoms with van der Waals surface area (Å²) in [6, 6.07) is 0. The molecule has 0 N–H and O–H groups in total. The lowest BCUT2D eigenvalue weighted by atomic mass is 9.85. The molecule has 0 aromatic carbocycles. The van der Waals surface area contributed by atoms with Gasteiger partial charge < -0.3 is 0 Å². The zero-order valence-corrected chi connectivity index (χ0v) is 10.8. The molecule has 94 valence electrons. The average Bonchev–Trinajstić information content (AvgIpc) is 2.15. The van der Waals surface area contributed by atoms with Crippen molar-refractivity contribution in [1.82, 2.24) is 0 Å². The minimum absolute atomic E-state index is 0.0606. The molecule has 2 unspecified atom stereocenters. The smallest absolute Gasteiger partial charge is 0.296 e. The van der Waals surface area contributed by atoms with E-state index >= 15 is 0 Å². The van der Waals surface area contributed by atoms with Gasteiger partial charge >= 0.3 is 14.9 Å². The highest BCUT2D eigenvalue weighted by Gasteiger charge is 2.52. The SMILES string of the molecule is CC1OP(=O)(Cl)OCC12COP(=O)(F)OC2. The summed E-state index contributed by atoms with van der Waals surface area (Å²) in [7, 11) is -4.45. The molecule has 16 heavy (non-hydrogen) atoms. The summed E-state index contributed by atoms with van der Waals surface area (Å²) in [6.45, 7) is -2.43. The Bertz CT molecular complexity index is 369. The van der Waals surface area contributed by atoms with Crippen LogP contribution in [-0.2, 0) is 27.2 Å². The standard InChI is InChI=1S/C6H10ClFO6P2/c1-5-6(2-11-15(7,9)14-5)3-12-16(8,10)13-4-6/h5H,2-4H2,1H3. The van der Waals surface area contributed by atoms with E-state index in [9.17, 15) is 13.3 Å². The van der Waals surface area contributed by atoms with Gasteiger partial charge in [-0.25, -0.2) is 9.13 Å². The highest BCUT2D eigenvalue weighted by molar-refractivity contribution is 7.81. The topological polar surface area (TPSA) is 71.1 Å². The first-order valence-electron chi connectivity index (χ1n) is 4.46. The molecule has 0 aromatic rings. The van der Waals surface area contributed by atoms with Gasteiger partial charge in [0.15, 0.2) is 0 Å². The van der Waals surface area contributed by atoms with Crippen molar-refractivity contribution in [2.75, 3.05) is 19.8 Å². The molecule has 2 heterocycles. The molecule has 6 nitrogen and oxygen atoms in total. The van der Waals surface area contributed by atoms with Crippen molar-refractivity contribution >= 4 is 26.1 Å². The molecule has 0 bridgehead atoms. The molecule has 2 rings (SSSR count). The van der Waals surface area contributed by atoms with Gasteiger partial charge in [-0.2, -0.15) is 0 Å². The zero-order chi connectivity index (χ0) is 12.0. The Kier molecular flexibility index (Phi) is 3.26. The third kappa shape index (κ3) is 2.51. The van der Waals surface area contributed by atoms with E-state index in [4.69, 9.17) is 20.3 Å². The Morgan fingerprint density at radius 2 is 1.75 bits per heavy atom. The molecule has 10 heteroatoms. The van der Waals surface area contributed by atoms with Gasteiger partial charge in [0.1, 0.15) is 0 Å². The van der Waals surface area contributed by atoms with E-state index in [1.54, 1.807) is 6.92 Å².